The summed E-state index contributed by atoms with van der Waals surface area (Å²) in [5.74, 6) is 0.746. The minimum Gasteiger partial charge on any atom is -0.389 e. The lowest BCUT2D eigenvalue weighted by Gasteiger charge is -2.22. The molecule has 1 aliphatic heterocycles. The van der Waals surface area contributed by atoms with E-state index in [4.69, 9.17) is 9.72 Å². The largest absolute Gasteiger partial charge is 0.418 e. The average molecular weight is 428 g/mol. The van der Waals surface area contributed by atoms with Gasteiger partial charge in [-0.25, -0.2) is 4.79 Å². The van der Waals surface area contributed by atoms with Crippen molar-refractivity contribution in [2.75, 3.05) is 23.3 Å². The Labute approximate surface area is 186 Å². The summed E-state index contributed by atoms with van der Waals surface area (Å²) in [6.45, 7) is 5.80. The number of fused-ring (bicyclic) bond motifs is 1. The van der Waals surface area contributed by atoms with Crippen LogP contribution >= 0.6 is 0 Å². The van der Waals surface area contributed by atoms with Crippen LogP contribution in [0.5, 0.6) is 5.88 Å². The predicted octanol–water partition coefficient (Wildman–Crippen LogP) is 5.18. The number of pyridine rings is 1. The summed E-state index contributed by atoms with van der Waals surface area (Å²) in [6.07, 6.45) is 0.531. The van der Waals surface area contributed by atoms with Crippen LogP contribution in [0.25, 0.3) is 10.9 Å². The number of anilines is 2. The second-order valence-electron chi connectivity index (χ2n) is 8.26. The maximum absolute atomic E-state index is 12.3. The number of nitrogens with one attached hydrogen (secondary N) is 2. The van der Waals surface area contributed by atoms with Crippen molar-refractivity contribution in [1.29, 1.82) is 0 Å². The molecule has 1 saturated heterocycles. The Morgan fingerprint density at radius 3 is 2.75 bits per heavy atom. The van der Waals surface area contributed by atoms with Crippen molar-refractivity contribution in [3.63, 3.8) is 0 Å². The Bertz CT molecular complexity index is 1270. The molecule has 7 nitrogen and oxygen atoms in total. The Balaban J connectivity index is 1.40. The smallest absolute Gasteiger partial charge is 0.389 e. The molecule has 0 radical (unpaired) electrons. The molecule has 5 rings (SSSR count). The number of rotatable bonds is 4. The van der Waals surface area contributed by atoms with Crippen molar-refractivity contribution in [2.24, 2.45) is 0 Å². The number of benzene rings is 2. The monoisotopic (exact) mass is 427 g/mol. The molecule has 162 valence electrons. The van der Waals surface area contributed by atoms with Gasteiger partial charge in [-0.1, -0.05) is 30.3 Å². The van der Waals surface area contributed by atoms with Crippen LogP contribution in [-0.2, 0) is 0 Å². The average Bonchev–Trinajstić information content (AvgIpc) is 3.43. The summed E-state index contributed by atoms with van der Waals surface area (Å²) in [4.78, 5) is 19.4. The van der Waals surface area contributed by atoms with Gasteiger partial charge < -0.3 is 9.64 Å². The number of hydrogen-bond acceptors (Lipinski definition) is 5. The molecule has 1 aliphatic rings. The van der Waals surface area contributed by atoms with Crippen LogP contribution in [-0.4, -0.2) is 34.4 Å². The highest BCUT2D eigenvalue weighted by atomic mass is 16.6. The number of amides is 1. The van der Waals surface area contributed by atoms with Crippen molar-refractivity contribution in [2.45, 2.75) is 26.2 Å². The van der Waals surface area contributed by atoms with Crippen LogP contribution in [0.4, 0.5) is 16.2 Å². The molecule has 1 amide bonds. The normalized spacial score (nSPS) is 15.8. The number of aromatic amines is 1. The molecule has 1 atom stereocenters. The van der Waals surface area contributed by atoms with Gasteiger partial charge in [0.15, 0.2) is 0 Å². The Kier molecular flexibility index (Phi) is 5.23. The lowest BCUT2D eigenvalue weighted by atomic mass is 9.99. The van der Waals surface area contributed by atoms with E-state index in [0.29, 0.717) is 11.6 Å². The van der Waals surface area contributed by atoms with Crippen molar-refractivity contribution in [3.05, 3.63) is 77.6 Å². The summed E-state index contributed by atoms with van der Waals surface area (Å²) < 4.78 is 5.24. The van der Waals surface area contributed by atoms with Gasteiger partial charge >= 0.3 is 6.09 Å². The minimum absolute atomic E-state index is 0.239. The van der Waals surface area contributed by atoms with Crippen LogP contribution in [0.3, 0.4) is 0 Å². The van der Waals surface area contributed by atoms with Crippen LogP contribution in [0.1, 0.15) is 29.3 Å². The van der Waals surface area contributed by atoms with Crippen molar-refractivity contribution in [1.82, 2.24) is 15.2 Å². The van der Waals surface area contributed by atoms with E-state index in [1.165, 1.54) is 5.56 Å². The summed E-state index contributed by atoms with van der Waals surface area (Å²) >= 11 is 0. The SMILES string of the molecule is Cc1cc(N2CC[C@H](c3ccccc3)C2)c2cc(NC(=O)Oc3cc(C)[nH]n3)ccc2n1. The zero-order valence-corrected chi connectivity index (χ0v) is 18.1. The van der Waals surface area contributed by atoms with E-state index in [1.54, 1.807) is 6.07 Å². The molecule has 2 N–H and O–H groups in total. The zero-order valence-electron chi connectivity index (χ0n) is 18.1. The summed E-state index contributed by atoms with van der Waals surface area (Å²) in [5.41, 5.74) is 5.88. The Morgan fingerprint density at radius 2 is 1.97 bits per heavy atom. The minimum atomic E-state index is -0.581. The maximum atomic E-state index is 12.3. The van der Waals surface area contributed by atoms with Crippen molar-refractivity contribution < 1.29 is 9.53 Å². The number of ether oxygens (including phenoxy) is 1. The maximum Gasteiger partial charge on any atom is 0.418 e. The van der Waals surface area contributed by atoms with Crippen molar-refractivity contribution >= 4 is 28.4 Å². The van der Waals surface area contributed by atoms with Gasteiger partial charge in [0.2, 0.25) is 5.88 Å². The molecule has 2 aromatic carbocycles. The first-order valence-electron chi connectivity index (χ1n) is 10.8. The second kappa shape index (κ2) is 8.34. The first kappa shape index (κ1) is 20.1. The molecule has 0 bridgehead atoms. The number of carbonyl (C=O) groups is 1. The number of aromatic nitrogens is 3. The lowest BCUT2D eigenvalue weighted by molar-refractivity contribution is 0.213. The second-order valence-corrected chi connectivity index (χ2v) is 8.26. The molecule has 0 spiro atoms. The first-order valence-corrected chi connectivity index (χ1v) is 10.8. The molecule has 0 unspecified atom stereocenters. The van der Waals surface area contributed by atoms with Gasteiger partial charge in [0.05, 0.1) is 5.52 Å². The van der Waals surface area contributed by atoms with E-state index in [2.05, 4.69) is 56.8 Å². The van der Waals surface area contributed by atoms with Gasteiger partial charge in [-0.15, -0.1) is 5.10 Å². The van der Waals surface area contributed by atoms with E-state index in [9.17, 15) is 4.79 Å². The third kappa shape index (κ3) is 4.14. The molecule has 1 fully saturated rings. The Morgan fingerprint density at radius 1 is 1.12 bits per heavy atom. The van der Waals surface area contributed by atoms with E-state index in [-0.39, 0.29) is 5.88 Å². The van der Waals surface area contributed by atoms with Gasteiger partial charge in [0, 0.05) is 53.2 Å². The van der Waals surface area contributed by atoms with Crippen LogP contribution < -0.4 is 15.0 Å². The molecular formula is C25H25N5O2. The molecule has 4 aromatic rings. The standard InChI is InChI=1S/C25H25N5O2/c1-16-12-23(30-11-10-19(15-30)18-6-4-3-5-7-18)21-14-20(8-9-22(21)26-16)27-25(31)32-24-13-17(2)28-29-24/h3-9,12-14,19H,10-11,15H2,1-2H3,(H,27,31)(H,28,29)/t19-/m0/s1. The molecule has 3 heterocycles. The molecule has 7 heteroatoms. The molecule has 0 saturated carbocycles. The number of aryl methyl sites for hydroxylation is 2. The number of nitrogens with zero attached hydrogens (tertiary/aromatic N) is 3. The number of H-pyrrole nitrogens is 1. The predicted molar refractivity (Wildman–Crippen MR) is 125 cm³/mol. The fourth-order valence-electron chi connectivity index (χ4n) is 4.34. The summed E-state index contributed by atoms with van der Waals surface area (Å²) in [5, 5.41) is 10.5. The summed E-state index contributed by atoms with van der Waals surface area (Å²) in [6, 6.07) is 20.2. The van der Waals surface area contributed by atoms with E-state index >= 15 is 0 Å². The van der Waals surface area contributed by atoms with Gasteiger partial charge in [-0.2, -0.15) is 0 Å². The van der Waals surface area contributed by atoms with Crippen molar-refractivity contribution in [3.8, 4) is 5.88 Å². The molecular weight excluding hydrogens is 402 g/mol. The fraction of sp³-hybridized carbons (Fsp3) is 0.240. The molecule has 0 aliphatic carbocycles. The van der Waals surface area contributed by atoms with Crippen LogP contribution in [0.2, 0.25) is 0 Å². The topological polar surface area (TPSA) is 83.1 Å². The lowest BCUT2D eigenvalue weighted by Crippen LogP contribution is -2.20. The fourth-order valence-corrected chi connectivity index (χ4v) is 4.34. The van der Waals surface area contributed by atoms with Crippen LogP contribution in [0, 0.1) is 13.8 Å². The molecule has 32 heavy (non-hydrogen) atoms. The summed E-state index contributed by atoms with van der Waals surface area (Å²) in [7, 11) is 0. The highest BCUT2D eigenvalue weighted by Gasteiger charge is 2.25. The highest BCUT2D eigenvalue weighted by molar-refractivity contribution is 5.97. The quantitative estimate of drug-likeness (QED) is 0.469. The van der Waals surface area contributed by atoms with E-state index in [0.717, 1.165) is 47.5 Å². The highest BCUT2D eigenvalue weighted by Crippen LogP contribution is 2.35. The van der Waals surface area contributed by atoms with E-state index < -0.39 is 6.09 Å². The Hall–Kier alpha value is -3.87. The van der Waals surface area contributed by atoms with Crippen LogP contribution in [0.15, 0.2) is 60.7 Å². The third-order valence-corrected chi connectivity index (χ3v) is 5.84. The first-order chi connectivity index (χ1) is 15.5. The number of carbonyl (C=O) groups excluding carboxylic acids is 1. The third-order valence-electron chi connectivity index (χ3n) is 5.84. The number of hydrogen-bond donors (Lipinski definition) is 2. The molecule has 2 aromatic heterocycles. The van der Waals surface area contributed by atoms with Gasteiger partial charge in [-0.05, 0) is 50.1 Å². The zero-order chi connectivity index (χ0) is 22.1. The van der Waals surface area contributed by atoms with E-state index in [1.807, 2.05) is 32.0 Å². The van der Waals surface area contributed by atoms with Gasteiger partial charge in [-0.3, -0.25) is 15.4 Å². The van der Waals surface area contributed by atoms with Gasteiger partial charge in [0.1, 0.15) is 0 Å². The van der Waals surface area contributed by atoms with Gasteiger partial charge in [0.25, 0.3) is 0 Å².